The van der Waals surface area contributed by atoms with Gasteiger partial charge >= 0.3 is 0 Å². The van der Waals surface area contributed by atoms with Gasteiger partial charge in [-0.25, -0.2) is 0 Å². The number of hydrogen-bond acceptors (Lipinski definition) is 2. The van der Waals surface area contributed by atoms with Crippen molar-refractivity contribution in [1.82, 2.24) is 9.80 Å². The van der Waals surface area contributed by atoms with E-state index in [1.54, 1.807) is 0 Å². The molecule has 2 saturated heterocycles. The molecule has 224 valence electrons. The van der Waals surface area contributed by atoms with Crippen molar-refractivity contribution in [3.05, 3.63) is 0 Å². The van der Waals surface area contributed by atoms with Crippen LogP contribution in [-0.2, 0) is 0 Å². The Kier molecular flexibility index (Phi) is 20.9. The lowest BCUT2D eigenvalue weighted by Gasteiger charge is -2.44. The fourth-order valence-corrected chi connectivity index (χ4v) is 5.78. The van der Waals surface area contributed by atoms with Crippen LogP contribution in [0.25, 0.3) is 0 Å². The van der Waals surface area contributed by atoms with Gasteiger partial charge in [-0.3, -0.25) is 0 Å². The molecule has 0 N–H and O–H groups in total. The number of piperidine rings is 1. The predicted molar refractivity (Wildman–Crippen MR) is 172 cm³/mol. The van der Waals surface area contributed by atoms with Gasteiger partial charge in [-0.05, 0) is 105 Å². The SMILES string of the molecule is C.C.C.C.CC1CC(C)CC(C(C)(C)C)C1.CN1CC(C(C)(C)C)C1.CN1CCC(C(C)(C)C)CC1. The maximum atomic E-state index is 2.43. The zero-order chi connectivity index (χ0) is 24.9. The van der Waals surface area contributed by atoms with Crippen LogP contribution in [0, 0.1) is 45.8 Å². The molecular weight excluding hydrogens is 436 g/mol. The molecule has 3 fully saturated rings. The van der Waals surface area contributed by atoms with Gasteiger partial charge in [-0.15, -0.1) is 0 Å². The van der Waals surface area contributed by atoms with Gasteiger partial charge in [-0.2, -0.15) is 0 Å². The van der Waals surface area contributed by atoms with Crippen LogP contribution in [0.3, 0.4) is 0 Å². The van der Waals surface area contributed by atoms with Crippen LogP contribution in [0.2, 0.25) is 0 Å². The van der Waals surface area contributed by atoms with Crippen LogP contribution in [0.1, 0.15) is 138 Å². The van der Waals surface area contributed by atoms with Crippen molar-refractivity contribution in [2.45, 2.75) is 138 Å². The number of nitrogens with zero attached hydrogens (tertiary/aromatic N) is 2. The normalized spacial score (nSPS) is 26.1. The van der Waals surface area contributed by atoms with E-state index in [0.717, 1.165) is 29.6 Å². The van der Waals surface area contributed by atoms with Crippen LogP contribution in [0.4, 0.5) is 0 Å². The molecule has 36 heavy (non-hydrogen) atoms. The fourth-order valence-electron chi connectivity index (χ4n) is 5.78. The molecular formula is C34H78N2. The summed E-state index contributed by atoms with van der Waals surface area (Å²) in [6, 6.07) is 0. The third-order valence-electron chi connectivity index (χ3n) is 8.64. The molecule has 1 saturated carbocycles. The van der Waals surface area contributed by atoms with Gasteiger partial charge in [0.25, 0.3) is 0 Å². The van der Waals surface area contributed by atoms with Crippen LogP contribution >= 0.6 is 0 Å². The molecule has 0 radical (unpaired) electrons. The minimum atomic E-state index is 0. The van der Waals surface area contributed by atoms with Gasteiger partial charge < -0.3 is 9.80 Å². The highest BCUT2D eigenvalue weighted by Gasteiger charge is 2.33. The Morgan fingerprint density at radius 2 is 0.806 bits per heavy atom. The molecule has 0 aromatic carbocycles. The van der Waals surface area contributed by atoms with Crippen LogP contribution in [0.15, 0.2) is 0 Å². The highest BCUT2D eigenvalue weighted by Crippen LogP contribution is 2.42. The topological polar surface area (TPSA) is 6.48 Å². The fraction of sp³-hybridized carbons (Fsp3) is 1.00. The van der Waals surface area contributed by atoms with Crippen molar-refractivity contribution in [1.29, 1.82) is 0 Å². The Balaban J connectivity index is -0.000000204. The zero-order valence-electron chi connectivity index (χ0n) is 24.6. The maximum Gasteiger partial charge on any atom is 0.00240 e. The smallest absolute Gasteiger partial charge is 0.00240 e. The lowest BCUT2D eigenvalue weighted by molar-refractivity contribution is 0.0459. The summed E-state index contributed by atoms with van der Waals surface area (Å²) in [6.07, 6.45) is 7.13. The molecule has 0 aromatic rings. The zero-order valence-corrected chi connectivity index (χ0v) is 24.6. The van der Waals surface area contributed by atoms with E-state index in [1.807, 2.05) is 0 Å². The number of hydrogen-bond donors (Lipinski definition) is 0. The molecule has 1 aliphatic carbocycles. The van der Waals surface area contributed by atoms with Crippen molar-refractivity contribution in [2.24, 2.45) is 45.8 Å². The van der Waals surface area contributed by atoms with Crippen LogP contribution in [0.5, 0.6) is 0 Å². The van der Waals surface area contributed by atoms with E-state index < -0.39 is 0 Å². The van der Waals surface area contributed by atoms with E-state index in [-0.39, 0.29) is 29.7 Å². The molecule has 2 heterocycles. The number of likely N-dealkylation sites (tertiary alicyclic amines) is 2. The first-order chi connectivity index (χ1) is 14.4. The average Bonchev–Trinajstić information content (AvgIpc) is 2.57. The van der Waals surface area contributed by atoms with E-state index >= 15 is 0 Å². The van der Waals surface area contributed by atoms with Crippen molar-refractivity contribution >= 4 is 0 Å². The summed E-state index contributed by atoms with van der Waals surface area (Å²) in [5, 5.41) is 0. The predicted octanol–water partition coefficient (Wildman–Crippen LogP) is 10.6. The first-order valence-corrected chi connectivity index (χ1v) is 13.8. The highest BCUT2D eigenvalue weighted by molar-refractivity contribution is 4.86. The lowest BCUT2D eigenvalue weighted by Crippen LogP contribution is -2.49. The van der Waals surface area contributed by atoms with Crippen molar-refractivity contribution in [2.75, 3.05) is 40.3 Å². The van der Waals surface area contributed by atoms with Crippen molar-refractivity contribution < 1.29 is 0 Å². The molecule has 0 bridgehead atoms. The Labute approximate surface area is 233 Å². The summed E-state index contributed by atoms with van der Waals surface area (Å²) in [5.74, 6) is 4.74. The minimum Gasteiger partial charge on any atom is -0.306 e. The first-order valence-electron chi connectivity index (χ1n) is 13.8. The second-order valence-corrected chi connectivity index (χ2v) is 15.2. The summed E-state index contributed by atoms with van der Waals surface area (Å²) >= 11 is 0. The van der Waals surface area contributed by atoms with Crippen molar-refractivity contribution in [3.63, 3.8) is 0 Å². The van der Waals surface area contributed by atoms with Crippen molar-refractivity contribution in [3.8, 4) is 0 Å². The van der Waals surface area contributed by atoms with Gasteiger partial charge in [0.15, 0.2) is 0 Å². The Morgan fingerprint density at radius 3 is 1.06 bits per heavy atom. The van der Waals surface area contributed by atoms with E-state index in [4.69, 9.17) is 0 Å². The quantitative estimate of drug-likeness (QED) is 0.317. The Bertz CT molecular complexity index is 495. The minimum absolute atomic E-state index is 0. The standard InChI is InChI=1S/C12H24.C10H21N.C8H17N.4CH4/c1-9-6-10(2)8-11(7-9)12(3,4)5;1-10(2,3)9-5-7-11(4)8-6-9;1-8(2,3)7-5-9(4)6-7;;;;/h9-11H,6-8H2,1-5H3;9H,5-8H2,1-4H3;7H,5-6H2,1-4H3;4*1H4. The molecule has 2 atom stereocenters. The third kappa shape index (κ3) is 16.0. The summed E-state index contributed by atoms with van der Waals surface area (Å²) < 4.78 is 0. The third-order valence-corrected chi connectivity index (χ3v) is 8.64. The second-order valence-electron chi connectivity index (χ2n) is 15.2. The van der Waals surface area contributed by atoms with E-state index in [9.17, 15) is 0 Å². The number of rotatable bonds is 0. The van der Waals surface area contributed by atoms with Gasteiger partial charge in [0.05, 0.1) is 0 Å². The van der Waals surface area contributed by atoms with Gasteiger partial charge in [0, 0.05) is 13.1 Å². The summed E-state index contributed by atoms with van der Waals surface area (Å²) in [6.45, 7) is 31.2. The highest BCUT2D eigenvalue weighted by atomic mass is 15.2. The maximum absolute atomic E-state index is 2.43. The molecule has 0 aromatic heterocycles. The monoisotopic (exact) mass is 515 g/mol. The molecule has 2 nitrogen and oxygen atoms in total. The van der Waals surface area contributed by atoms with Crippen LogP contribution in [-0.4, -0.2) is 50.1 Å². The van der Waals surface area contributed by atoms with E-state index in [2.05, 4.69) is 100 Å². The Hall–Kier alpha value is -0.0800. The van der Waals surface area contributed by atoms with Gasteiger partial charge in [0.2, 0.25) is 0 Å². The molecule has 2 aliphatic heterocycles. The second kappa shape index (κ2) is 17.5. The largest absolute Gasteiger partial charge is 0.306 e. The van der Waals surface area contributed by atoms with E-state index in [0.29, 0.717) is 16.2 Å². The summed E-state index contributed by atoms with van der Waals surface area (Å²) in [5.41, 5.74) is 1.59. The molecule has 2 heteroatoms. The molecule has 0 amide bonds. The average molecular weight is 515 g/mol. The molecule has 3 rings (SSSR count). The van der Waals surface area contributed by atoms with Crippen LogP contribution < -0.4 is 0 Å². The molecule has 3 aliphatic rings. The lowest BCUT2D eigenvalue weighted by atomic mass is 9.66. The molecule has 0 spiro atoms. The molecule has 2 unspecified atom stereocenters. The summed E-state index contributed by atoms with van der Waals surface area (Å²) in [4.78, 5) is 4.80. The Morgan fingerprint density at radius 1 is 0.472 bits per heavy atom. The van der Waals surface area contributed by atoms with E-state index in [1.165, 1.54) is 58.3 Å². The first kappa shape index (κ1) is 43.0. The van der Waals surface area contributed by atoms with Gasteiger partial charge in [-0.1, -0.05) is 106 Å². The van der Waals surface area contributed by atoms with Gasteiger partial charge in [0.1, 0.15) is 0 Å². The summed E-state index contributed by atoms with van der Waals surface area (Å²) in [7, 11) is 4.40.